The Balaban J connectivity index is 0.989. The van der Waals surface area contributed by atoms with E-state index in [4.69, 9.17) is 24.9 Å². The van der Waals surface area contributed by atoms with Crippen LogP contribution in [0.1, 0.15) is 101 Å². The molecule has 6 heteroatoms. The molecule has 0 saturated carbocycles. The number of aromatic nitrogens is 5. The second kappa shape index (κ2) is 15.8. The summed E-state index contributed by atoms with van der Waals surface area (Å²) in [6.45, 7) is 9.43. The summed E-state index contributed by atoms with van der Waals surface area (Å²) in [4.78, 5) is 28.8. The predicted octanol–water partition coefficient (Wildman–Crippen LogP) is 14.7. The van der Waals surface area contributed by atoms with Crippen molar-refractivity contribution in [2.45, 2.75) is 93.8 Å². The molecule has 0 saturated heterocycles. The minimum Gasteiger partial charge on any atom is -0.229 e. The van der Waals surface area contributed by atoms with Gasteiger partial charge in [-0.25, -0.2) is 24.9 Å². The third kappa shape index (κ3) is 7.38. The van der Waals surface area contributed by atoms with Crippen LogP contribution in [0.5, 0.6) is 0 Å². The first-order valence-corrected chi connectivity index (χ1v) is 23.4. The van der Waals surface area contributed by atoms with Gasteiger partial charge in [-0.2, -0.15) is 0 Å². The lowest BCUT2D eigenvalue weighted by atomic mass is 9.63. The largest absolute Gasteiger partial charge is 0.229 e. The average Bonchev–Trinajstić information content (AvgIpc) is 3.31. The smallest absolute Gasteiger partial charge is 0.163 e. The monoisotopic (exact) mass is 837 g/mol. The SMILES string of the molecule is CC1(C)CC2=C(CCC=C2)C2=C1C=CC[C@@H]2c1nc(-c2ccccc2)nc(-c2ccc(-c3cc(-c4ccc5c(c4)Sc4ccccc4C5(C)C)nc(/C=C4\C=CCCC4)n3)cc2)n1. The van der Waals surface area contributed by atoms with Crippen LogP contribution in [0.2, 0.25) is 0 Å². The van der Waals surface area contributed by atoms with Gasteiger partial charge in [-0.3, -0.25) is 0 Å². The zero-order valence-corrected chi connectivity index (χ0v) is 37.3. The van der Waals surface area contributed by atoms with Crippen molar-refractivity contribution in [1.29, 1.82) is 0 Å². The molecule has 0 spiro atoms. The minimum atomic E-state index is -0.0904. The van der Waals surface area contributed by atoms with Crippen molar-refractivity contribution in [2.75, 3.05) is 0 Å². The molecule has 5 aliphatic rings. The second-order valence-corrected chi connectivity index (χ2v) is 19.8. The maximum absolute atomic E-state index is 5.35. The Hall–Kier alpha value is -6.24. The first-order valence-electron chi connectivity index (χ1n) is 22.6. The molecule has 1 atom stereocenters. The van der Waals surface area contributed by atoms with Gasteiger partial charge < -0.3 is 0 Å². The fourth-order valence-electron chi connectivity index (χ4n) is 10.3. The van der Waals surface area contributed by atoms with Gasteiger partial charge in [0, 0.05) is 43.4 Å². The van der Waals surface area contributed by atoms with Gasteiger partial charge in [0.2, 0.25) is 0 Å². The lowest BCUT2D eigenvalue weighted by molar-refractivity contribution is 0.430. The number of benzene rings is 4. The molecule has 11 rings (SSSR count). The number of rotatable bonds is 6. The quantitative estimate of drug-likeness (QED) is 0.166. The molecule has 0 amide bonds. The number of allylic oxidation sites excluding steroid dienone is 11. The molecule has 310 valence electrons. The number of nitrogens with zero attached hydrogens (tertiary/aromatic N) is 5. The van der Waals surface area contributed by atoms with Crippen LogP contribution in [-0.4, -0.2) is 24.9 Å². The molecule has 6 aromatic rings. The highest BCUT2D eigenvalue weighted by Crippen LogP contribution is 2.53. The molecule has 2 aromatic heterocycles. The Kier molecular flexibility index (Phi) is 9.95. The topological polar surface area (TPSA) is 64.5 Å². The summed E-state index contributed by atoms with van der Waals surface area (Å²) in [5.74, 6) is 3.01. The predicted molar refractivity (Wildman–Crippen MR) is 258 cm³/mol. The highest BCUT2D eigenvalue weighted by Gasteiger charge is 2.39. The molecular formula is C57H51N5S. The second-order valence-electron chi connectivity index (χ2n) is 18.8. The van der Waals surface area contributed by atoms with E-state index in [1.54, 1.807) is 0 Å². The average molecular weight is 838 g/mol. The normalized spacial score (nSPS) is 20.0. The molecule has 0 N–H and O–H groups in total. The Morgan fingerprint density at radius 2 is 1.30 bits per heavy atom. The Labute approximate surface area is 375 Å². The summed E-state index contributed by atoms with van der Waals surface area (Å²) in [6, 6.07) is 36.8. The van der Waals surface area contributed by atoms with Gasteiger partial charge in [0.15, 0.2) is 17.5 Å². The molecular weight excluding hydrogens is 787 g/mol. The third-order valence-corrected chi connectivity index (χ3v) is 14.8. The Morgan fingerprint density at radius 3 is 2.10 bits per heavy atom. The van der Waals surface area contributed by atoms with Gasteiger partial charge in [-0.1, -0.05) is 161 Å². The molecule has 4 aromatic carbocycles. The molecule has 63 heavy (non-hydrogen) atoms. The molecule has 0 unspecified atom stereocenters. The zero-order chi connectivity index (χ0) is 42.7. The molecule has 0 fully saturated rings. The molecule has 0 bridgehead atoms. The number of hydrogen-bond acceptors (Lipinski definition) is 6. The van der Waals surface area contributed by atoms with E-state index in [0.29, 0.717) is 11.6 Å². The van der Waals surface area contributed by atoms with E-state index in [1.807, 2.05) is 17.8 Å². The standard InChI is InChI=1S/C57H51N5S/c1-56(2)35-41-20-11-12-21-42(41)52-43(22-15-24-46(52)56)55-61-53(38-18-9-6-10-19-38)60-54(62-55)39-28-26-37(27-29-39)47-34-48(59-51(58-47)32-36-16-7-5-8-17-36)40-30-31-45-50(33-40)63-49-25-14-13-23-44(49)57(45,3)4/h6-7,9-11,13-16,18-20,23-34,43H,5,8,12,17,21-22,35H2,1-4H3/b36-32+/t43-/m0/s1. The van der Waals surface area contributed by atoms with Crippen LogP contribution in [0.15, 0.2) is 177 Å². The minimum absolute atomic E-state index is 0.0330. The fourth-order valence-corrected chi connectivity index (χ4v) is 11.8. The van der Waals surface area contributed by atoms with Crippen LogP contribution in [0.4, 0.5) is 0 Å². The van der Waals surface area contributed by atoms with E-state index in [-0.39, 0.29) is 16.7 Å². The van der Waals surface area contributed by atoms with E-state index in [9.17, 15) is 0 Å². The van der Waals surface area contributed by atoms with E-state index in [2.05, 4.69) is 167 Å². The van der Waals surface area contributed by atoms with Crippen molar-refractivity contribution in [3.8, 4) is 45.3 Å². The van der Waals surface area contributed by atoms with Crippen LogP contribution in [0, 0.1) is 5.41 Å². The summed E-state index contributed by atoms with van der Waals surface area (Å²) in [5, 5.41) is 0. The Bertz CT molecular complexity index is 3000. The highest BCUT2D eigenvalue weighted by atomic mass is 32.2. The maximum atomic E-state index is 5.35. The first-order chi connectivity index (χ1) is 30.7. The van der Waals surface area contributed by atoms with E-state index in [1.165, 1.54) is 48.8 Å². The van der Waals surface area contributed by atoms with Crippen molar-refractivity contribution < 1.29 is 0 Å². The maximum Gasteiger partial charge on any atom is 0.163 e. The summed E-state index contributed by atoms with van der Waals surface area (Å²) >= 11 is 1.85. The van der Waals surface area contributed by atoms with Gasteiger partial charge in [-0.05, 0) is 114 Å². The van der Waals surface area contributed by atoms with Crippen molar-refractivity contribution in [1.82, 2.24) is 24.9 Å². The number of hydrogen-bond donors (Lipinski definition) is 0. The van der Waals surface area contributed by atoms with Crippen LogP contribution in [0.25, 0.3) is 51.4 Å². The molecule has 1 aliphatic heterocycles. The van der Waals surface area contributed by atoms with Gasteiger partial charge in [-0.15, -0.1) is 0 Å². The van der Waals surface area contributed by atoms with Crippen LogP contribution >= 0.6 is 11.8 Å². The lowest BCUT2D eigenvalue weighted by Crippen LogP contribution is -2.27. The summed E-state index contributed by atoms with van der Waals surface area (Å²) < 4.78 is 0. The van der Waals surface area contributed by atoms with Crippen LogP contribution in [-0.2, 0) is 5.41 Å². The van der Waals surface area contributed by atoms with Gasteiger partial charge in [0.25, 0.3) is 0 Å². The Morgan fingerprint density at radius 1 is 0.603 bits per heavy atom. The zero-order valence-electron chi connectivity index (χ0n) is 36.5. The van der Waals surface area contributed by atoms with Crippen molar-refractivity contribution in [3.05, 3.63) is 190 Å². The third-order valence-electron chi connectivity index (χ3n) is 13.6. The highest BCUT2D eigenvalue weighted by molar-refractivity contribution is 7.99. The first kappa shape index (κ1) is 39.6. The van der Waals surface area contributed by atoms with E-state index >= 15 is 0 Å². The van der Waals surface area contributed by atoms with Crippen molar-refractivity contribution in [2.24, 2.45) is 5.41 Å². The number of fused-ring (bicyclic) bond motifs is 3. The molecule has 0 radical (unpaired) electrons. The van der Waals surface area contributed by atoms with Gasteiger partial charge in [0.05, 0.1) is 11.4 Å². The van der Waals surface area contributed by atoms with Crippen molar-refractivity contribution in [3.63, 3.8) is 0 Å². The van der Waals surface area contributed by atoms with Crippen LogP contribution < -0.4 is 0 Å². The van der Waals surface area contributed by atoms with E-state index < -0.39 is 0 Å². The molecule has 5 nitrogen and oxygen atoms in total. The summed E-state index contributed by atoms with van der Waals surface area (Å²) in [6.07, 6.45) is 23.4. The summed E-state index contributed by atoms with van der Waals surface area (Å²) in [7, 11) is 0. The van der Waals surface area contributed by atoms with Crippen molar-refractivity contribution >= 4 is 17.8 Å². The van der Waals surface area contributed by atoms with Gasteiger partial charge in [0.1, 0.15) is 5.82 Å². The molecule has 4 aliphatic carbocycles. The lowest BCUT2D eigenvalue weighted by Gasteiger charge is -2.41. The molecule has 3 heterocycles. The van der Waals surface area contributed by atoms with E-state index in [0.717, 1.165) is 90.2 Å². The van der Waals surface area contributed by atoms with Gasteiger partial charge >= 0.3 is 0 Å². The fraction of sp³-hybridized carbons (Fsp3) is 0.246. The summed E-state index contributed by atoms with van der Waals surface area (Å²) in [5.41, 5.74) is 15.6. The van der Waals surface area contributed by atoms with Crippen LogP contribution in [0.3, 0.4) is 0 Å².